The Bertz CT molecular complexity index is 256. The fourth-order valence-electron chi connectivity index (χ4n) is 3.28. The zero-order valence-corrected chi connectivity index (χ0v) is 11.4. The zero-order valence-electron chi connectivity index (χ0n) is 10.4. The van der Waals surface area contributed by atoms with Gasteiger partial charge in [0.15, 0.2) is 8.32 Å². The minimum Gasteiger partial charge on any atom is -0.412 e. The van der Waals surface area contributed by atoms with Gasteiger partial charge < -0.3 is 4.43 Å². The number of allylic oxidation sites excluding steroid dienone is 1. The molecule has 0 aliphatic heterocycles. The molecule has 86 valence electrons. The molecule has 2 aliphatic carbocycles. The lowest BCUT2D eigenvalue weighted by Gasteiger charge is -2.24. The molecule has 0 aromatic carbocycles. The molecule has 2 saturated carbocycles. The van der Waals surface area contributed by atoms with Crippen molar-refractivity contribution in [1.82, 2.24) is 0 Å². The Balaban J connectivity index is 1.88. The van der Waals surface area contributed by atoms with E-state index in [4.69, 9.17) is 4.43 Å². The van der Waals surface area contributed by atoms with Gasteiger partial charge in [0.05, 0.1) is 5.60 Å². The largest absolute Gasteiger partial charge is 0.412 e. The standard InChI is InChI=1S/C13H24OSi/c1-5-6-7-11-8-9-13(10-12(11)13)14-15(2,3)4/h5,11-12H,1,6-10H2,2-4H3/t11-,12+,13-/m1/s1. The summed E-state index contributed by atoms with van der Waals surface area (Å²) in [6, 6.07) is 0. The van der Waals surface area contributed by atoms with E-state index in [1.807, 2.05) is 0 Å². The van der Waals surface area contributed by atoms with E-state index in [1.165, 1.54) is 32.1 Å². The maximum Gasteiger partial charge on any atom is 0.184 e. The average Bonchev–Trinajstić information content (AvgIpc) is 2.69. The van der Waals surface area contributed by atoms with Gasteiger partial charge in [-0.05, 0) is 63.6 Å². The third-order valence-corrected chi connectivity index (χ3v) is 4.86. The first-order valence-electron chi connectivity index (χ1n) is 6.28. The van der Waals surface area contributed by atoms with Crippen LogP contribution in [0.2, 0.25) is 19.6 Å². The van der Waals surface area contributed by atoms with E-state index in [2.05, 4.69) is 32.3 Å². The molecule has 0 unspecified atom stereocenters. The van der Waals surface area contributed by atoms with Crippen LogP contribution in [0.4, 0.5) is 0 Å². The van der Waals surface area contributed by atoms with Crippen molar-refractivity contribution in [2.75, 3.05) is 0 Å². The lowest BCUT2D eigenvalue weighted by atomic mass is 9.98. The first-order chi connectivity index (χ1) is 6.97. The maximum absolute atomic E-state index is 6.38. The Morgan fingerprint density at radius 1 is 1.47 bits per heavy atom. The lowest BCUT2D eigenvalue weighted by molar-refractivity contribution is 0.161. The molecule has 0 saturated heterocycles. The van der Waals surface area contributed by atoms with Crippen LogP contribution in [0, 0.1) is 11.8 Å². The normalized spacial score (nSPS) is 38.9. The molecule has 0 bridgehead atoms. The van der Waals surface area contributed by atoms with Crippen LogP contribution < -0.4 is 0 Å². The Labute approximate surface area is 95.0 Å². The molecule has 2 heteroatoms. The van der Waals surface area contributed by atoms with Gasteiger partial charge in [-0.1, -0.05) is 6.08 Å². The van der Waals surface area contributed by atoms with Gasteiger partial charge >= 0.3 is 0 Å². The van der Waals surface area contributed by atoms with Gasteiger partial charge in [0, 0.05) is 0 Å². The Hall–Kier alpha value is -0.0831. The fraction of sp³-hybridized carbons (Fsp3) is 0.846. The van der Waals surface area contributed by atoms with E-state index < -0.39 is 8.32 Å². The minimum atomic E-state index is -1.33. The number of fused-ring (bicyclic) bond motifs is 1. The van der Waals surface area contributed by atoms with Crippen molar-refractivity contribution in [1.29, 1.82) is 0 Å². The molecule has 0 aromatic rings. The van der Waals surface area contributed by atoms with Gasteiger partial charge in [-0.15, -0.1) is 6.58 Å². The maximum atomic E-state index is 6.38. The molecule has 0 aromatic heterocycles. The number of hydrogen-bond donors (Lipinski definition) is 0. The average molecular weight is 224 g/mol. The number of hydrogen-bond acceptors (Lipinski definition) is 1. The van der Waals surface area contributed by atoms with Gasteiger partial charge in [0.25, 0.3) is 0 Å². The molecule has 0 amide bonds. The summed E-state index contributed by atoms with van der Waals surface area (Å²) in [5.41, 5.74) is 0.344. The summed E-state index contributed by atoms with van der Waals surface area (Å²) in [7, 11) is -1.33. The second kappa shape index (κ2) is 3.74. The van der Waals surface area contributed by atoms with Gasteiger partial charge in [-0.25, -0.2) is 0 Å². The summed E-state index contributed by atoms with van der Waals surface area (Å²) in [5, 5.41) is 0. The second-order valence-corrected chi connectivity index (χ2v) is 10.7. The Kier molecular flexibility index (Phi) is 2.84. The first-order valence-corrected chi connectivity index (χ1v) is 9.69. The monoisotopic (exact) mass is 224 g/mol. The van der Waals surface area contributed by atoms with E-state index in [9.17, 15) is 0 Å². The van der Waals surface area contributed by atoms with Crippen LogP contribution in [0.3, 0.4) is 0 Å². The van der Waals surface area contributed by atoms with Crippen LogP contribution in [0.1, 0.15) is 32.1 Å². The topological polar surface area (TPSA) is 9.23 Å². The van der Waals surface area contributed by atoms with Crippen molar-refractivity contribution in [3.05, 3.63) is 12.7 Å². The molecular weight excluding hydrogens is 200 g/mol. The molecule has 15 heavy (non-hydrogen) atoms. The summed E-state index contributed by atoms with van der Waals surface area (Å²) in [6.45, 7) is 10.8. The van der Waals surface area contributed by atoms with E-state index in [0.717, 1.165) is 11.8 Å². The zero-order chi connectivity index (χ0) is 11.1. The third-order valence-electron chi connectivity index (χ3n) is 3.84. The highest BCUT2D eigenvalue weighted by atomic mass is 28.4. The molecule has 0 radical (unpaired) electrons. The predicted molar refractivity (Wildman–Crippen MR) is 67.4 cm³/mol. The molecule has 0 spiro atoms. The Morgan fingerprint density at radius 3 is 2.73 bits per heavy atom. The summed E-state index contributed by atoms with van der Waals surface area (Å²) in [5.74, 6) is 1.82. The van der Waals surface area contributed by atoms with Crippen LogP contribution in [0.15, 0.2) is 12.7 Å². The highest BCUT2D eigenvalue weighted by Crippen LogP contribution is 2.63. The first kappa shape index (κ1) is 11.4. The summed E-state index contributed by atoms with van der Waals surface area (Å²) >= 11 is 0. The van der Waals surface area contributed by atoms with Crippen LogP contribution in [-0.4, -0.2) is 13.9 Å². The van der Waals surface area contributed by atoms with Crippen molar-refractivity contribution in [2.45, 2.75) is 57.3 Å². The minimum absolute atomic E-state index is 0.344. The second-order valence-electron chi connectivity index (χ2n) is 6.25. The van der Waals surface area contributed by atoms with Gasteiger partial charge in [0.2, 0.25) is 0 Å². The van der Waals surface area contributed by atoms with Crippen molar-refractivity contribution < 1.29 is 4.43 Å². The van der Waals surface area contributed by atoms with Crippen LogP contribution in [0.5, 0.6) is 0 Å². The van der Waals surface area contributed by atoms with Crippen LogP contribution in [0.25, 0.3) is 0 Å². The van der Waals surface area contributed by atoms with E-state index in [-0.39, 0.29) is 0 Å². The number of rotatable bonds is 5. The van der Waals surface area contributed by atoms with E-state index in [0.29, 0.717) is 5.60 Å². The molecule has 3 atom stereocenters. The summed E-state index contributed by atoms with van der Waals surface area (Å²) < 4.78 is 6.38. The SMILES string of the molecule is C=CCC[C@@H]1CC[C@@]2(O[Si](C)(C)C)C[C@@H]12. The summed E-state index contributed by atoms with van der Waals surface area (Å²) in [4.78, 5) is 0. The quantitative estimate of drug-likeness (QED) is 0.507. The highest BCUT2D eigenvalue weighted by Gasteiger charge is 2.63. The van der Waals surface area contributed by atoms with Gasteiger partial charge in [-0.2, -0.15) is 0 Å². The van der Waals surface area contributed by atoms with Gasteiger partial charge in [-0.3, -0.25) is 0 Å². The lowest BCUT2D eigenvalue weighted by Crippen LogP contribution is -2.33. The molecule has 1 nitrogen and oxygen atoms in total. The highest BCUT2D eigenvalue weighted by molar-refractivity contribution is 6.69. The van der Waals surface area contributed by atoms with E-state index in [1.54, 1.807) is 0 Å². The molecule has 0 heterocycles. The van der Waals surface area contributed by atoms with Crippen LogP contribution in [-0.2, 0) is 4.43 Å². The van der Waals surface area contributed by atoms with Crippen molar-refractivity contribution in [3.63, 3.8) is 0 Å². The van der Waals surface area contributed by atoms with Crippen molar-refractivity contribution in [3.8, 4) is 0 Å². The molecule has 2 fully saturated rings. The molecular formula is C13H24OSi. The van der Waals surface area contributed by atoms with Crippen molar-refractivity contribution in [2.24, 2.45) is 11.8 Å². The molecule has 0 N–H and O–H groups in total. The van der Waals surface area contributed by atoms with Gasteiger partial charge in [0.1, 0.15) is 0 Å². The van der Waals surface area contributed by atoms with Crippen LogP contribution >= 0.6 is 0 Å². The smallest absolute Gasteiger partial charge is 0.184 e. The fourth-order valence-corrected chi connectivity index (χ4v) is 4.84. The van der Waals surface area contributed by atoms with E-state index >= 15 is 0 Å². The third kappa shape index (κ3) is 2.36. The summed E-state index contributed by atoms with van der Waals surface area (Å²) in [6.07, 6.45) is 8.64. The molecule has 2 rings (SSSR count). The Morgan fingerprint density at radius 2 is 2.20 bits per heavy atom. The molecule has 2 aliphatic rings. The van der Waals surface area contributed by atoms with Crippen molar-refractivity contribution >= 4 is 8.32 Å². The predicted octanol–water partition coefficient (Wildman–Crippen LogP) is 3.97.